The Morgan fingerprint density at radius 1 is 1.10 bits per heavy atom. The van der Waals surface area contributed by atoms with Crippen LogP contribution in [0.3, 0.4) is 0 Å². The van der Waals surface area contributed by atoms with Gasteiger partial charge < -0.3 is 75.6 Å². The zero-order valence-corrected chi connectivity index (χ0v) is 21.9. The van der Waals surface area contributed by atoms with E-state index in [1.54, 1.807) is 12.1 Å². The standard InChI is InChI=1S/C24H36N2O15/c1-37-10-2-4-11(5-3-10)39-22-20(34)19(33)18(32)14(40-22)9-38-24(23(35)36)6-12(28)16(26-15(30)8-27)21(41-24)17(31)13(29)7-25/h2-5,12-14,16-22,27-29,31-34H,6-9,25H2,1H3,(H,26,30)(H,35,36)/t12-,13+,14+,16+,17+,18-,19-,20+,21+,22+,24+/m0/s1. The number of aliphatic carboxylic acids is 1. The number of ether oxygens (including phenoxy) is 5. The monoisotopic (exact) mass is 592 g/mol. The molecule has 1 aromatic carbocycles. The summed E-state index contributed by atoms with van der Waals surface area (Å²) in [5, 5.41) is 83.9. The van der Waals surface area contributed by atoms with Gasteiger partial charge in [-0.05, 0) is 24.3 Å². The molecule has 232 valence electrons. The van der Waals surface area contributed by atoms with E-state index in [-0.39, 0.29) is 5.75 Å². The van der Waals surface area contributed by atoms with Gasteiger partial charge in [0.05, 0.1) is 32.0 Å². The molecule has 0 spiro atoms. The van der Waals surface area contributed by atoms with Crippen molar-refractivity contribution >= 4 is 11.9 Å². The molecule has 1 aromatic rings. The number of nitrogens with two attached hydrogens (primary N) is 1. The van der Waals surface area contributed by atoms with Crippen molar-refractivity contribution < 1.29 is 74.1 Å². The number of carboxylic acid groups (broad SMARTS) is 1. The number of benzene rings is 1. The van der Waals surface area contributed by atoms with E-state index >= 15 is 0 Å². The Hall–Kier alpha value is -2.68. The molecule has 2 aliphatic heterocycles. The summed E-state index contributed by atoms with van der Waals surface area (Å²) in [6.07, 6.45) is -16.4. The van der Waals surface area contributed by atoms with E-state index in [0.29, 0.717) is 5.75 Å². The number of hydrogen-bond donors (Lipinski definition) is 10. The molecule has 1 amide bonds. The largest absolute Gasteiger partial charge is 0.497 e. The molecule has 0 radical (unpaired) electrons. The summed E-state index contributed by atoms with van der Waals surface area (Å²) in [4.78, 5) is 24.2. The zero-order valence-electron chi connectivity index (χ0n) is 21.9. The van der Waals surface area contributed by atoms with Crippen molar-refractivity contribution in [3.05, 3.63) is 24.3 Å². The summed E-state index contributed by atoms with van der Waals surface area (Å²) in [7, 11) is 1.46. The maximum absolute atomic E-state index is 12.4. The van der Waals surface area contributed by atoms with Crippen LogP contribution >= 0.6 is 0 Å². The summed E-state index contributed by atoms with van der Waals surface area (Å²) >= 11 is 0. The highest BCUT2D eigenvalue weighted by atomic mass is 16.7. The molecule has 0 bridgehead atoms. The number of aliphatic hydroxyl groups excluding tert-OH is 7. The second-order valence-electron chi connectivity index (χ2n) is 9.58. The Morgan fingerprint density at radius 2 is 1.73 bits per heavy atom. The molecule has 2 saturated heterocycles. The molecule has 2 fully saturated rings. The Balaban J connectivity index is 1.81. The van der Waals surface area contributed by atoms with E-state index in [4.69, 9.17) is 34.5 Å². The minimum Gasteiger partial charge on any atom is -0.497 e. The Bertz CT molecular complexity index is 1020. The fourth-order valence-electron chi connectivity index (χ4n) is 4.46. The number of carbonyl (C=O) groups is 2. The third kappa shape index (κ3) is 7.40. The Kier molecular flexibility index (Phi) is 11.2. The Labute approximate surface area is 233 Å². The van der Waals surface area contributed by atoms with Crippen molar-refractivity contribution in [3.63, 3.8) is 0 Å². The number of carbonyl (C=O) groups excluding carboxylic acids is 1. The average molecular weight is 593 g/mol. The van der Waals surface area contributed by atoms with Gasteiger partial charge in [-0.1, -0.05) is 0 Å². The van der Waals surface area contributed by atoms with Gasteiger partial charge in [0.15, 0.2) is 0 Å². The summed E-state index contributed by atoms with van der Waals surface area (Å²) in [5.74, 6) is -4.80. The van der Waals surface area contributed by atoms with Gasteiger partial charge in [-0.15, -0.1) is 0 Å². The van der Waals surface area contributed by atoms with Gasteiger partial charge >= 0.3 is 5.97 Å². The lowest BCUT2D eigenvalue weighted by Gasteiger charge is -2.47. The first-order valence-electron chi connectivity index (χ1n) is 12.6. The van der Waals surface area contributed by atoms with E-state index < -0.39 is 105 Å². The van der Waals surface area contributed by atoms with E-state index in [2.05, 4.69) is 5.32 Å². The third-order valence-electron chi connectivity index (χ3n) is 6.80. The van der Waals surface area contributed by atoms with Crippen LogP contribution in [0.4, 0.5) is 0 Å². The SMILES string of the molecule is COc1ccc(O[C@@H]2O[C@H](CO[C@]3(C(=O)O)C[C@H](O)[C@@H](NC(=O)CO)[C@H]([C@H](O)[C@H](O)CN)O3)[C@H](O)[C@H](O)[C@H]2O)cc1. The summed E-state index contributed by atoms with van der Waals surface area (Å²) in [5.41, 5.74) is 5.38. The van der Waals surface area contributed by atoms with Crippen molar-refractivity contribution in [2.24, 2.45) is 5.73 Å². The van der Waals surface area contributed by atoms with Gasteiger partial charge in [0.25, 0.3) is 5.79 Å². The molecule has 17 nitrogen and oxygen atoms in total. The van der Waals surface area contributed by atoms with Gasteiger partial charge in [-0.3, -0.25) is 4.79 Å². The number of amides is 1. The summed E-state index contributed by atoms with van der Waals surface area (Å²) in [6, 6.07) is 4.59. The van der Waals surface area contributed by atoms with Crippen molar-refractivity contribution in [3.8, 4) is 11.5 Å². The fourth-order valence-corrected chi connectivity index (χ4v) is 4.46. The number of rotatable bonds is 12. The first-order chi connectivity index (χ1) is 19.4. The molecule has 11 N–H and O–H groups in total. The van der Waals surface area contributed by atoms with Crippen molar-refractivity contribution in [2.75, 3.05) is 26.9 Å². The molecular weight excluding hydrogens is 556 g/mol. The molecule has 17 heteroatoms. The first kappa shape index (κ1) is 32.8. The zero-order chi connectivity index (χ0) is 30.5. The highest BCUT2D eigenvalue weighted by Crippen LogP contribution is 2.35. The number of aliphatic hydroxyl groups is 7. The van der Waals surface area contributed by atoms with E-state index in [1.807, 2.05) is 0 Å². The molecular formula is C24H36N2O15. The van der Waals surface area contributed by atoms with Crippen LogP contribution in [0.2, 0.25) is 0 Å². The molecule has 3 rings (SSSR count). The molecule has 0 aromatic heterocycles. The topological polar surface area (TPSA) is 280 Å². The predicted molar refractivity (Wildman–Crippen MR) is 132 cm³/mol. The molecule has 0 unspecified atom stereocenters. The lowest BCUT2D eigenvalue weighted by molar-refractivity contribution is -0.331. The average Bonchev–Trinajstić information content (AvgIpc) is 2.97. The third-order valence-corrected chi connectivity index (χ3v) is 6.80. The number of methoxy groups -OCH3 is 1. The summed E-state index contributed by atoms with van der Waals surface area (Å²) < 4.78 is 27.2. The number of nitrogens with one attached hydrogen (secondary N) is 1. The Morgan fingerprint density at radius 3 is 2.29 bits per heavy atom. The first-order valence-corrected chi connectivity index (χ1v) is 12.6. The van der Waals surface area contributed by atoms with Crippen LogP contribution in [-0.2, 0) is 23.8 Å². The lowest BCUT2D eigenvalue weighted by Crippen LogP contribution is -2.69. The maximum atomic E-state index is 12.4. The number of hydrogen-bond acceptors (Lipinski definition) is 15. The maximum Gasteiger partial charge on any atom is 0.364 e. The van der Waals surface area contributed by atoms with Crippen molar-refractivity contribution in [1.82, 2.24) is 5.32 Å². The van der Waals surface area contributed by atoms with Crippen LogP contribution in [0, 0.1) is 0 Å². The molecule has 0 aliphatic carbocycles. The van der Waals surface area contributed by atoms with Crippen LogP contribution in [0.15, 0.2) is 24.3 Å². The van der Waals surface area contributed by atoms with Crippen LogP contribution in [-0.4, -0.2) is 147 Å². The van der Waals surface area contributed by atoms with Crippen LogP contribution < -0.4 is 20.5 Å². The van der Waals surface area contributed by atoms with Crippen molar-refractivity contribution in [1.29, 1.82) is 0 Å². The smallest absolute Gasteiger partial charge is 0.364 e. The van der Waals surface area contributed by atoms with Crippen LogP contribution in [0.1, 0.15) is 6.42 Å². The van der Waals surface area contributed by atoms with E-state index in [1.165, 1.54) is 19.2 Å². The molecule has 2 aliphatic rings. The van der Waals surface area contributed by atoms with Gasteiger partial charge in [0, 0.05) is 13.0 Å². The van der Waals surface area contributed by atoms with Gasteiger partial charge in [0.2, 0.25) is 12.2 Å². The highest BCUT2D eigenvalue weighted by Gasteiger charge is 2.56. The minimum absolute atomic E-state index is 0.199. The van der Waals surface area contributed by atoms with E-state index in [9.17, 15) is 45.3 Å². The lowest BCUT2D eigenvalue weighted by atomic mass is 9.88. The molecule has 41 heavy (non-hydrogen) atoms. The van der Waals surface area contributed by atoms with Crippen LogP contribution in [0.5, 0.6) is 11.5 Å². The predicted octanol–water partition coefficient (Wildman–Crippen LogP) is -5.01. The van der Waals surface area contributed by atoms with Crippen molar-refractivity contribution in [2.45, 2.75) is 73.4 Å². The second-order valence-corrected chi connectivity index (χ2v) is 9.58. The fraction of sp³-hybridized carbons (Fsp3) is 0.667. The quantitative estimate of drug-likeness (QED) is 0.109. The highest BCUT2D eigenvalue weighted by molar-refractivity contribution is 5.78. The second kappa shape index (κ2) is 14.0. The number of carboxylic acids is 1. The van der Waals surface area contributed by atoms with Gasteiger partial charge in [-0.25, -0.2) is 4.79 Å². The van der Waals surface area contributed by atoms with E-state index in [0.717, 1.165) is 0 Å². The molecule has 2 heterocycles. The normalized spacial score (nSPS) is 35.2. The van der Waals surface area contributed by atoms with Gasteiger partial charge in [-0.2, -0.15) is 0 Å². The molecule has 11 atom stereocenters. The summed E-state index contributed by atoms with van der Waals surface area (Å²) in [6.45, 7) is -2.31. The minimum atomic E-state index is -2.73. The molecule has 0 saturated carbocycles. The van der Waals surface area contributed by atoms with Crippen LogP contribution in [0.25, 0.3) is 0 Å². The van der Waals surface area contributed by atoms with Gasteiger partial charge in [0.1, 0.15) is 54.7 Å².